The summed E-state index contributed by atoms with van der Waals surface area (Å²) in [5.41, 5.74) is 1.87. The van der Waals surface area contributed by atoms with E-state index < -0.39 is 6.04 Å². The van der Waals surface area contributed by atoms with Gasteiger partial charge in [0.05, 0.1) is 37.2 Å². The van der Waals surface area contributed by atoms with Crippen LogP contribution in [0.4, 0.5) is 10.1 Å². The summed E-state index contributed by atoms with van der Waals surface area (Å²) in [6.45, 7) is 0. The van der Waals surface area contributed by atoms with E-state index in [0.717, 1.165) is 5.69 Å². The molecular formula is C26H21BrFN3O3S. The average molecular weight is 554 g/mol. The lowest BCUT2D eigenvalue weighted by atomic mass is 10.0. The number of pyridine rings is 1. The summed E-state index contributed by atoms with van der Waals surface area (Å²) in [7, 11) is 3.20. The molecule has 1 aliphatic rings. The highest BCUT2D eigenvalue weighted by atomic mass is 79.9. The van der Waals surface area contributed by atoms with Crippen LogP contribution >= 0.6 is 28.1 Å². The van der Waals surface area contributed by atoms with Gasteiger partial charge in [-0.2, -0.15) is 0 Å². The number of methoxy groups -OCH3 is 2. The van der Waals surface area contributed by atoms with Crippen LogP contribution in [0, 0.1) is 5.82 Å². The summed E-state index contributed by atoms with van der Waals surface area (Å²) < 4.78 is 32.7. The van der Waals surface area contributed by atoms with Crippen molar-refractivity contribution < 1.29 is 18.3 Å². The van der Waals surface area contributed by atoms with Gasteiger partial charge in [-0.3, -0.25) is 4.98 Å². The fourth-order valence-electron chi connectivity index (χ4n) is 4.23. The Morgan fingerprint density at radius 1 is 1.06 bits per heavy atom. The molecule has 178 valence electrons. The average Bonchev–Trinajstić information content (AvgIpc) is 3.48. The normalized spacial score (nSPS) is 17.4. The van der Waals surface area contributed by atoms with Crippen LogP contribution in [-0.4, -0.2) is 24.3 Å². The number of nitrogens with zero attached hydrogens (tertiary/aromatic N) is 2. The molecule has 0 unspecified atom stereocenters. The molecule has 6 nitrogen and oxygen atoms in total. The fraction of sp³-hybridized carbons (Fsp3) is 0.154. The minimum atomic E-state index is -0.425. The van der Waals surface area contributed by atoms with Crippen LogP contribution in [0.1, 0.15) is 23.5 Å². The largest absolute Gasteiger partial charge is 0.497 e. The van der Waals surface area contributed by atoms with Gasteiger partial charge in [0.2, 0.25) is 0 Å². The van der Waals surface area contributed by atoms with E-state index >= 15 is 0 Å². The lowest BCUT2D eigenvalue weighted by Crippen LogP contribution is -2.29. The number of aromatic nitrogens is 1. The second-order valence-corrected chi connectivity index (χ2v) is 9.16. The molecule has 0 spiro atoms. The zero-order valence-corrected chi connectivity index (χ0v) is 21.3. The van der Waals surface area contributed by atoms with Gasteiger partial charge in [-0.05, 0) is 66.8 Å². The maximum atomic E-state index is 14.7. The van der Waals surface area contributed by atoms with Gasteiger partial charge in [0.1, 0.15) is 34.9 Å². The summed E-state index contributed by atoms with van der Waals surface area (Å²) in [5.74, 6) is 1.90. The van der Waals surface area contributed by atoms with E-state index in [1.165, 1.54) is 6.07 Å². The quantitative estimate of drug-likeness (QED) is 0.276. The third-order valence-corrected chi connectivity index (χ3v) is 6.67. The van der Waals surface area contributed by atoms with Gasteiger partial charge in [0, 0.05) is 16.7 Å². The summed E-state index contributed by atoms with van der Waals surface area (Å²) >= 11 is 9.08. The number of benzene rings is 2. The fourth-order valence-corrected chi connectivity index (χ4v) is 4.91. The molecule has 1 saturated heterocycles. The van der Waals surface area contributed by atoms with E-state index in [-0.39, 0.29) is 11.9 Å². The molecule has 5 rings (SSSR count). The predicted octanol–water partition coefficient (Wildman–Crippen LogP) is 6.44. The van der Waals surface area contributed by atoms with Crippen LogP contribution in [-0.2, 0) is 0 Å². The smallest absolute Gasteiger partial charge is 0.174 e. The molecule has 1 N–H and O–H groups in total. The predicted molar refractivity (Wildman–Crippen MR) is 139 cm³/mol. The third-order valence-electron chi connectivity index (χ3n) is 5.86. The molecule has 1 fully saturated rings. The summed E-state index contributed by atoms with van der Waals surface area (Å²) in [5, 5.41) is 3.86. The summed E-state index contributed by atoms with van der Waals surface area (Å²) in [4.78, 5) is 6.48. The van der Waals surface area contributed by atoms with E-state index in [4.69, 9.17) is 26.1 Å². The Morgan fingerprint density at radius 3 is 2.63 bits per heavy atom. The van der Waals surface area contributed by atoms with Gasteiger partial charge >= 0.3 is 0 Å². The zero-order valence-electron chi connectivity index (χ0n) is 18.9. The van der Waals surface area contributed by atoms with Crippen molar-refractivity contribution in [3.05, 3.63) is 94.7 Å². The Bertz CT molecular complexity index is 1380. The SMILES string of the molecule is COc1ccc(OC)c(N2C(=S)N[C@H](c3ccccn3)[C@H]2c2ccc(-c3ccc(Br)cc3F)o2)c1. The van der Waals surface area contributed by atoms with Crippen LogP contribution in [0.25, 0.3) is 11.3 Å². The molecule has 2 aromatic carbocycles. The molecule has 2 aromatic heterocycles. The minimum Gasteiger partial charge on any atom is -0.497 e. The highest BCUT2D eigenvalue weighted by molar-refractivity contribution is 9.10. The standard InChI is InChI=1S/C26H21BrFN3O3S/c1-32-16-7-9-22(33-2)20(14-16)31-25(24(30-26(31)35)19-5-3-4-12-29-19)23-11-10-21(34-23)17-8-6-15(27)13-18(17)28/h3-14,24-25H,1-2H3,(H,30,35)/t24-,25-/m1/s1. The van der Waals surface area contributed by atoms with Crippen LogP contribution in [0.3, 0.4) is 0 Å². The van der Waals surface area contributed by atoms with Crippen molar-refractivity contribution in [1.29, 1.82) is 0 Å². The third kappa shape index (κ3) is 4.37. The number of anilines is 1. The molecule has 1 aliphatic heterocycles. The summed E-state index contributed by atoms with van der Waals surface area (Å²) in [6, 6.07) is 18.9. The first-order chi connectivity index (χ1) is 17.0. The minimum absolute atomic E-state index is 0.326. The van der Waals surface area contributed by atoms with Gasteiger partial charge in [0.25, 0.3) is 0 Å². The molecule has 3 heterocycles. The first-order valence-corrected chi connectivity index (χ1v) is 12.0. The van der Waals surface area contributed by atoms with E-state index in [2.05, 4.69) is 26.2 Å². The Labute approximate surface area is 215 Å². The van der Waals surface area contributed by atoms with Gasteiger partial charge in [-0.15, -0.1) is 0 Å². The Morgan fingerprint density at radius 2 is 1.91 bits per heavy atom. The number of hydrogen-bond donors (Lipinski definition) is 1. The van der Waals surface area contributed by atoms with Crippen molar-refractivity contribution >= 4 is 38.9 Å². The second-order valence-electron chi connectivity index (χ2n) is 7.86. The Kier molecular flexibility index (Phi) is 6.44. The van der Waals surface area contributed by atoms with Crippen molar-refractivity contribution in [1.82, 2.24) is 10.3 Å². The molecule has 2 atom stereocenters. The second kappa shape index (κ2) is 9.67. The molecule has 0 bridgehead atoms. The zero-order chi connectivity index (χ0) is 24.5. The molecule has 4 aromatic rings. The molecule has 0 saturated carbocycles. The maximum Gasteiger partial charge on any atom is 0.174 e. The van der Waals surface area contributed by atoms with Crippen molar-refractivity contribution in [2.24, 2.45) is 0 Å². The Hall–Kier alpha value is -3.43. The molecule has 0 radical (unpaired) electrons. The molecular weight excluding hydrogens is 533 g/mol. The Balaban J connectivity index is 1.65. The number of thiocarbonyl (C=S) groups is 1. The lowest BCUT2D eigenvalue weighted by molar-refractivity contribution is 0.400. The number of rotatable bonds is 6. The summed E-state index contributed by atoms with van der Waals surface area (Å²) in [6.07, 6.45) is 1.73. The highest BCUT2D eigenvalue weighted by Crippen LogP contribution is 2.46. The number of hydrogen-bond acceptors (Lipinski definition) is 5. The number of furan rings is 1. The molecule has 0 aliphatic carbocycles. The van der Waals surface area contributed by atoms with Crippen molar-refractivity contribution in [2.45, 2.75) is 12.1 Å². The van der Waals surface area contributed by atoms with Crippen LogP contribution in [0.5, 0.6) is 11.5 Å². The first kappa shape index (κ1) is 23.3. The van der Waals surface area contributed by atoms with Gasteiger partial charge in [-0.1, -0.05) is 22.0 Å². The maximum absolute atomic E-state index is 14.7. The topological polar surface area (TPSA) is 59.8 Å². The first-order valence-electron chi connectivity index (χ1n) is 10.8. The number of nitrogens with one attached hydrogen (secondary N) is 1. The van der Waals surface area contributed by atoms with Crippen LogP contribution < -0.4 is 19.7 Å². The van der Waals surface area contributed by atoms with E-state index in [0.29, 0.717) is 43.9 Å². The number of ether oxygens (including phenoxy) is 2. The van der Waals surface area contributed by atoms with E-state index in [9.17, 15) is 4.39 Å². The number of halogens is 2. The van der Waals surface area contributed by atoms with Crippen LogP contribution in [0.2, 0.25) is 0 Å². The molecule has 9 heteroatoms. The highest BCUT2D eigenvalue weighted by Gasteiger charge is 2.43. The van der Waals surface area contributed by atoms with E-state index in [1.807, 2.05) is 47.4 Å². The van der Waals surface area contributed by atoms with Gasteiger partial charge in [0.15, 0.2) is 5.11 Å². The van der Waals surface area contributed by atoms with E-state index in [1.54, 1.807) is 38.6 Å². The molecule has 0 amide bonds. The monoisotopic (exact) mass is 553 g/mol. The van der Waals surface area contributed by atoms with Crippen LogP contribution in [0.15, 0.2) is 81.8 Å². The molecule has 35 heavy (non-hydrogen) atoms. The van der Waals surface area contributed by atoms with Crippen molar-refractivity contribution in [3.63, 3.8) is 0 Å². The van der Waals surface area contributed by atoms with Crippen molar-refractivity contribution in [3.8, 4) is 22.8 Å². The van der Waals surface area contributed by atoms with Gasteiger partial charge < -0.3 is 24.1 Å². The lowest BCUT2D eigenvalue weighted by Gasteiger charge is -2.27. The van der Waals surface area contributed by atoms with Gasteiger partial charge in [-0.25, -0.2) is 4.39 Å². The van der Waals surface area contributed by atoms with Crippen molar-refractivity contribution in [2.75, 3.05) is 19.1 Å².